The second-order valence-corrected chi connectivity index (χ2v) is 5.82. The van der Waals surface area contributed by atoms with E-state index in [1.54, 1.807) is 6.08 Å². The minimum absolute atomic E-state index is 0.0573. The number of hydrogen-bond acceptors (Lipinski definition) is 5. The summed E-state index contributed by atoms with van der Waals surface area (Å²) in [5, 5.41) is 10.1. The number of fused-ring (bicyclic) bond motifs is 1. The Balaban J connectivity index is 2.34. The van der Waals surface area contributed by atoms with Crippen molar-refractivity contribution in [2.45, 2.75) is 52.2 Å². The van der Waals surface area contributed by atoms with Crippen molar-refractivity contribution in [1.82, 2.24) is 0 Å². The minimum atomic E-state index is -0.578. The van der Waals surface area contributed by atoms with Gasteiger partial charge in [-0.15, -0.1) is 0 Å². The van der Waals surface area contributed by atoms with Crippen molar-refractivity contribution in [3.05, 3.63) is 34.4 Å². The predicted octanol–water partition coefficient (Wildman–Crippen LogP) is 2.21. The van der Waals surface area contributed by atoms with Crippen LogP contribution in [0.15, 0.2) is 34.4 Å². The Morgan fingerprint density at radius 2 is 2.14 bits per heavy atom. The zero-order chi connectivity index (χ0) is 16.3. The molecule has 0 aromatic rings. The topological polar surface area (TPSA) is 72.8 Å². The molecule has 0 bridgehead atoms. The molecule has 1 N–H and O–H groups in total. The SMILES string of the molecule is CC(=O)OCC1=C2CC/C(C)=C/CC(O)/C(C)=C/C2OC1=O. The third-order valence-electron chi connectivity index (χ3n) is 4.05. The smallest absolute Gasteiger partial charge is 0.338 e. The lowest BCUT2D eigenvalue weighted by molar-refractivity contribution is -0.142. The van der Waals surface area contributed by atoms with E-state index in [0.29, 0.717) is 18.4 Å². The highest BCUT2D eigenvalue weighted by Crippen LogP contribution is 2.31. The normalized spacial score (nSPS) is 30.6. The summed E-state index contributed by atoms with van der Waals surface area (Å²) in [7, 11) is 0. The molecular formula is C17H22O5. The van der Waals surface area contributed by atoms with Gasteiger partial charge in [-0.25, -0.2) is 4.79 Å². The van der Waals surface area contributed by atoms with Gasteiger partial charge < -0.3 is 14.6 Å². The third kappa shape index (κ3) is 3.85. The molecule has 0 aromatic heterocycles. The molecule has 0 radical (unpaired) electrons. The van der Waals surface area contributed by atoms with Crippen LogP contribution in [0, 0.1) is 0 Å². The Bertz CT molecular complexity index is 568. The van der Waals surface area contributed by atoms with Gasteiger partial charge in [-0.05, 0) is 50.3 Å². The van der Waals surface area contributed by atoms with Crippen molar-refractivity contribution in [2.24, 2.45) is 0 Å². The van der Waals surface area contributed by atoms with E-state index in [1.807, 2.05) is 19.9 Å². The summed E-state index contributed by atoms with van der Waals surface area (Å²) in [6, 6.07) is 0. The van der Waals surface area contributed by atoms with Gasteiger partial charge in [-0.1, -0.05) is 11.6 Å². The van der Waals surface area contributed by atoms with Gasteiger partial charge in [-0.3, -0.25) is 4.79 Å². The molecular weight excluding hydrogens is 284 g/mol. The second kappa shape index (κ2) is 6.92. The maximum Gasteiger partial charge on any atom is 0.338 e. The molecule has 0 spiro atoms. The number of carbonyl (C=O) groups is 2. The van der Waals surface area contributed by atoms with Crippen molar-refractivity contribution in [1.29, 1.82) is 0 Å². The number of aliphatic hydroxyl groups excluding tert-OH is 1. The fourth-order valence-electron chi connectivity index (χ4n) is 2.60. The van der Waals surface area contributed by atoms with Crippen LogP contribution in [-0.4, -0.2) is 35.9 Å². The summed E-state index contributed by atoms with van der Waals surface area (Å²) in [6.45, 7) is 5.08. The summed E-state index contributed by atoms with van der Waals surface area (Å²) < 4.78 is 10.4. The van der Waals surface area contributed by atoms with Gasteiger partial charge in [0.25, 0.3) is 0 Å². The van der Waals surface area contributed by atoms with E-state index in [4.69, 9.17) is 9.47 Å². The van der Waals surface area contributed by atoms with Crippen LogP contribution in [0.5, 0.6) is 0 Å². The fourth-order valence-corrected chi connectivity index (χ4v) is 2.60. The van der Waals surface area contributed by atoms with Crippen molar-refractivity contribution < 1.29 is 24.2 Å². The van der Waals surface area contributed by atoms with Gasteiger partial charge in [0, 0.05) is 6.92 Å². The second-order valence-electron chi connectivity index (χ2n) is 5.82. The quantitative estimate of drug-likeness (QED) is 0.625. The Kier molecular flexibility index (Phi) is 5.19. The molecule has 5 nitrogen and oxygen atoms in total. The van der Waals surface area contributed by atoms with Crippen molar-refractivity contribution in [3.63, 3.8) is 0 Å². The van der Waals surface area contributed by atoms with Crippen molar-refractivity contribution in [2.75, 3.05) is 6.61 Å². The largest absolute Gasteiger partial charge is 0.461 e. The van der Waals surface area contributed by atoms with Gasteiger partial charge >= 0.3 is 11.9 Å². The van der Waals surface area contributed by atoms with Crippen molar-refractivity contribution >= 4 is 11.9 Å². The van der Waals surface area contributed by atoms with Crippen LogP contribution in [0.4, 0.5) is 0 Å². The highest BCUT2D eigenvalue weighted by molar-refractivity contribution is 5.93. The van der Waals surface area contributed by atoms with E-state index in [1.165, 1.54) is 6.92 Å². The number of rotatable bonds is 2. The predicted molar refractivity (Wildman–Crippen MR) is 80.9 cm³/mol. The highest BCUT2D eigenvalue weighted by Gasteiger charge is 2.33. The summed E-state index contributed by atoms with van der Waals surface area (Å²) >= 11 is 0. The summed E-state index contributed by atoms with van der Waals surface area (Å²) in [6.07, 6.45) is 4.78. The van der Waals surface area contributed by atoms with Crippen LogP contribution in [0.2, 0.25) is 0 Å². The molecule has 22 heavy (non-hydrogen) atoms. The first kappa shape index (κ1) is 16.5. The van der Waals surface area contributed by atoms with E-state index >= 15 is 0 Å². The standard InChI is InChI=1S/C17H22O5/c1-10-4-6-13-14(9-21-12(3)18)17(20)22-16(13)8-11(2)15(19)7-5-10/h5,8,15-16,19H,4,6-7,9H2,1-3H3/b10-5+,11-8+. The van der Waals surface area contributed by atoms with Gasteiger partial charge in [0.05, 0.1) is 11.7 Å². The van der Waals surface area contributed by atoms with E-state index in [0.717, 1.165) is 23.1 Å². The van der Waals surface area contributed by atoms with Gasteiger partial charge in [-0.2, -0.15) is 0 Å². The van der Waals surface area contributed by atoms with Crippen LogP contribution in [0.3, 0.4) is 0 Å². The number of carbonyl (C=O) groups excluding carboxylic acids is 2. The average Bonchev–Trinajstić information content (AvgIpc) is 2.74. The number of esters is 2. The molecule has 2 rings (SSSR count). The van der Waals surface area contributed by atoms with E-state index < -0.39 is 24.1 Å². The molecule has 1 aliphatic carbocycles. The Hall–Kier alpha value is -1.88. The Labute approximate surface area is 130 Å². The lowest BCUT2D eigenvalue weighted by atomic mass is 9.93. The zero-order valence-electron chi connectivity index (χ0n) is 13.2. The monoisotopic (exact) mass is 306 g/mol. The summed E-state index contributed by atoms with van der Waals surface area (Å²) in [5.41, 5.74) is 3.20. The van der Waals surface area contributed by atoms with Crippen LogP contribution in [0.25, 0.3) is 0 Å². The van der Waals surface area contributed by atoms with E-state index in [-0.39, 0.29) is 6.61 Å². The molecule has 1 aliphatic heterocycles. The number of hydrogen-bond donors (Lipinski definition) is 1. The highest BCUT2D eigenvalue weighted by atomic mass is 16.6. The Morgan fingerprint density at radius 1 is 1.41 bits per heavy atom. The molecule has 2 atom stereocenters. The lowest BCUT2D eigenvalue weighted by Gasteiger charge is -2.17. The first-order chi connectivity index (χ1) is 10.4. The summed E-state index contributed by atoms with van der Waals surface area (Å²) in [4.78, 5) is 23.0. The first-order valence-electron chi connectivity index (χ1n) is 7.46. The van der Waals surface area contributed by atoms with Crippen LogP contribution < -0.4 is 0 Å². The molecule has 2 aliphatic rings. The van der Waals surface area contributed by atoms with Gasteiger partial charge in [0.15, 0.2) is 0 Å². The zero-order valence-corrected chi connectivity index (χ0v) is 13.2. The number of ether oxygens (including phenoxy) is 2. The molecule has 120 valence electrons. The Morgan fingerprint density at radius 3 is 2.82 bits per heavy atom. The van der Waals surface area contributed by atoms with Gasteiger partial charge in [0.1, 0.15) is 12.7 Å². The summed E-state index contributed by atoms with van der Waals surface area (Å²) in [5.74, 6) is -0.872. The maximum atomic E-state index is 12.0. The van der Waals surface area contributed by atoms with Crippen LogP contribution >= 0.6 is 0 Å². The molecule has 0 saturated heterocycles. The molecule has 0 aromatic carbocycles. The maximum absolute atomic E-state index is 12.0. The van der Waals surface area contributed by atoms with Crippen LogP contribution in [-0.2, 0) is 19.1 Å². The molecule has 1 heterocycles. The number of aliphatic hydroxyl groups is 1. The molecule has 2 unspecified atom stereocenters. The van der Waals surface area contributed by atoms with E-state index in [9.17, 15) is 14.7 Å². The average molecular weight is 306 g/mol. The lowest BCUT2D eigenvalue weighted by Crippen LogP contribution is -2.15. The fraction of sp³-hybridized carbons (Fsp3) is 0.529. The molecule has 0 fully saturated rings. The van der Waals surface area contributed by atoms with Gasteiger partial charge in [0.2, 0.25) is 0 Å². The van der Waals surface area contributed by atoms with Crippen molar-refractivity contribution in [3.8, 4) is 0 Å². The molecule has 5 heteroatoms. The molecule has 0 saturated carbocycles. The van der Waals surface area contributed by atoms with E-state index in [2.05, 4.69) is 0 Å². The number of allylic oxidation sites excluding steroid dienone is 1. The molecule has 0 amide bonds. The first-order valence-corrected chi connectivity index (χ1v) is 7.46. The minimum Gasteiger partial charge on any atom is -0.461 e. The van der Waals surface area contributed by atoms with Crippen LogP contribution in [0.1, 0.15) is 40.0 Å². The third-order valence-corrected chi connectivity index (χ3v) is 4.05.